The second-order valence-electron chi connectivity index (χ2n) is 5.93. The maximum atomic E-state index is 12.1. The third-order valence-electron chi connectivity index (χ3n) is 3.65. The van der Waals surface area contributed by atoms with Gasteiger partial charge >= 0.3 is 0 Å². The Labute approximate surface area is 120 Å². The molecule has 4 nitrogen and oxygen atoms in total. The smallest absolute Gasteiger partial charge is 0.237 e. The second kappa shape index (κ2) is 6.86. The Morgan fingerprint density at radius 1 is 1.40 bits per heavy atom. The Balaban J connectivity index is 1.83. The van der Waals surface area contributed by atoms with Crippen molar-refractivity contribution in [1.82, 2.24) is 10.6 Å². The van der Waals surface area contributed by atoms with E-state index < -0.39 is 6.10 Å². The van der Waals surface area contributed by atoms with Crippen LogP contribution in [0.3, 0.4) is 0 Å². The number of hydrogen-bond donors (Lipinski definition) is 3. The molecule has 1 unspecified atom stereocenters. The van der Waals surface area contributed by atoms with Crippen LogP contribution in [0.1, 0.15) is 31.4 Å². The molecule has 1 aliphatic heterocycles. The summed E-state index contributed by atoms with van der Waals surface area (Å²) in [6, 6.07) is 7.98. The lowest BCUT2D eigenvalue weighted by molar-refractivity contribution is -0.123. The van der Waals surface area contributed by atoms with Gasteiger partial charge in [0.1, 0.15) is 0 Å². The average molecular weight is 276 g/mol. The van der Waals surface area contributed by atoms with Crippen molar-refractivity contribution >= 4 is 5.91 Å². The first-order valence-electron chi connectivity index (χ1n) is 7.32. The van der Waals surface area contributed by atoms with Crippen LogP contribution >= 0.6 is 0 Å². The second-order valence-corrected chi connectivity index (χ2v) is 5.93. The topological polar surface area (TPSA) is 61.4 Å². The number of fused-ring (bicyclic) bond motifs is 1. The first-order chi connectivity index (χ1) is 9.56. The van der Waals surface area contributed by atoms with E-state index in [1.165, 1.54) is 11.1 Å². The van der Waals surface area contributed by atoms with Gasteiger partial charge < -0.3 is 15.7 Å². The van der Waals surface area contributed by atoms with Gasteiger partial charge in [-0.05, 0) is 29.9 Å². The van der Waals surface area contributed by atoms with Crippen molar-refractivity contribution in [3.8, 4) is 0 Å². The largest absolute Gasteiger partial charge is 0.391 e. The fourth-order valence-corrected chi connectivity index (χ4v) is 2.61. The van der Waals surface area contributed by atoms with Crippen LogP contribution in [0.5, 0.6) is 0 Å². The van der Waals surface area contributed by atoms with Crippen molar-refractivity contribution in [1.29, 1.82) is 0 Å². The Hall–Kier alpha value is -1.39. The summed E-state index contributed by atoms with van der Waals surface area (Å²) in [6.07, 6.45) is 0.957. The highest BCUT2D eigenvalue weighted by molar-refractivity contribution is 5.82. The molecule has 0 spiro atoms. The van der Waals surface area contributed by atoms with Gasteiger partial charge in [-0.25, -0.2) is 0 Å². The van der Waals surface area contributed by atoms with E-state index in [0.717, 1.165) is 6.54 Å². The van der Waals surface area contributed by atoms with Crippen LogP contribution in [0.4, 0.5) is 0 Å². The van der Waals surface area contributed by atoms with E-state index in [0.29, 0.717) is 25.3 Å². The molecular formula is C16H24N2O2. The molecule has 0 aliphatic carbocycles. The quantitative estimate of drug-likeness (QED) is 0.758. The lowest BCUT2D eigenvalue weighted by atomic mass is 9.95. The molecule has 0 bridgehead atoms. The molecule has 0 saturated carbocycles. The molecule has 2 rings (SSSR count). The molecule has 2 atom stereocenters. The molecule has 1 heterocycles. The standard InChI is InChI=1S/C16H24N2O2/c1-11(2)7-14(19)10-18-16(20)15-8-12-5-3-4-6-13(12)9-17-15/h3-6,11,14-15,17,19H,7-10H2,1-2H3,(H,18,20)/t14?,15-/m1/s1. The summed E-state index contributed by atoms with van der Waals surface area (Å²) in [4.78, 5) is 12.1. The number of nitrogens with one attached hydrogen (secondary N) is 2. The van der Waals surface area contributed by atoms with Crippen LogP contribution in [0.25, 0.3) is 0 Å². The first kappa shape index (κ1) is 15.0. The van der Waals surface area contributed by atoms with Gasteiger partial charge in [0.15, 0.2) is 0 Å². The number of aliphatic hydroxyl groups is 1. The first-order valence-corrected chi connectivity index (χ1v) is 7.32. The number of carbonyl (C=O) groups is 1. The molecule has 1 amide bonds. The zero-order valence-electron chi connectivity index (χ0n) is 12.2. The minimum absolute atomic E-state index is 0.0256. The van der Waals surface area contributed by atoms with Crippen molar-refractivity contribution in [2.24, 2.45) is 5.92 Å². The van der Waals surface area contributed by atoms with Gasteiger partial charge in [-0.3, -0.25) is 4.79 Å². The Kier molecular flexibility index (Phi) is 5.15. The Morgan fingerprint density at radius 2 is 2.10 bits per heavy atom. The molecular weight excluding hydrogens is 252 g/mol. The fourth-order valence-electron chi connectivity index (χ4n) is 2.61. The van der Waals surface area contributed by atoms with E-state index in [1.807, 2.05) is 12.1 Å². The molecule has 0 fully saturated rings. The van der Waals surface area contributed by atoms with Crippen molar-refractivity contribution in [3.63, 3.8) is 0 Å². The molecule has 0 saturated heterocycles. The summed E-state index contributed by atoms with van der Waals surface area (Å²) in [5, 5.41) is 15.9. The van der Waals surface area contributed by atoms with Crippen LogP contribution in [0.2, 0.25) is 0 Å². The third kappa shape index (κ3) is 4.05. The predicted molar refractivity (Wildman–Crippen MR) is 79.2 cm³/mol. The average Bonchev–Trinajstić information content (AvgIpc) is 2.43. The Bertz CT molecular complexity index is 460. The lowest BCUT2D eigenvalue weighted by Gasteiger charge is -2.25. The van der Waals surface area contributed by atoms with Gasteiger partial charge in [0.2, 0.25) is 5.91 Å². The molecule has 0 aromatic heterocycles. The zero-order valence-corrected chi connectivity index (χ0v) is 12.2. The highest BCUT2D eigenvalue weighted by Crippen LogP contribution is 2.16. The summed E-state index contributed by atoms with van der Waals surface area (Å²) < 4.78 is 0. The zero-order chi connectivity index (χ0) is 14.5. The number of benzene rings is 1. The van der Waals surface area contributed by atoms with Gasteiger partial charge in [-0.1, -0.05) is 38.1 Å². The molecule has 1 aliphatic rings. The summed E-state index contributed by atoms with van der Waals surface area (Å²) in [7, 11) is 0. The SMILES string of the molecule is CC(C)CC(O)CNC(=O)[C@H]1Cc2ccccc2CN1. The van der Waals surface area contributed by atoms with Gasteiger partial charge in [-0.2, -0.15) is 0 Å². The third-order valence-corrected chi connectivity index (χ3v) is 3.65. The van der Waals surface area contributed by atoms with E-state index >= 15 is 0 Å². The summed E-state index contributed by atoms with van der Waals surface area (Å²) >= 11 is 0. The predicted octanol–water partition coefficient (Wildman–Crippen LogP) is 1.22. The monoisotopic (exact) mass is 276 g/mol. The summed E-state index contributed by atoms with van der Waals surface area (Å²) in [6.45, 7) is 5.18. The molecule has 1 aromatic carbocycles. The number of hydrogen-bond acceptors (Lipinski definition) is 3. The van der Waals surface area contributed by atoms with Crippen LogP contribution in [-0.4, -0.2) is 29.7 Å². The van der Waals surface area contributed by atoms with E-state index in [9.17, 15) is 9.90 Å². The lowest BCUT2D eigenvalue weighted by Crippen LogP contribution is -2.49. The number of rotatable bonds is 5. The van der Waals surface area contributed by atoms with Crippen molar-refractivity contribution in [2.45, 2.75) is 45.4 Å². The van der Waals surface area contributed by atoms with E-state index in [-0.39, 0.29) is 11.9 Å². The fraction of sp³-hybridized carbons (Fsp3) is 0.562. The van der Waals surface area contributed by atoms with Crippen molar-refractivity contribution in [3.05, 3.63) is 35.4 Å². The molecule has 1 aromatic rings. The minimum Gasteiger partial charge on any atom is -0.391 e. The van der Waals surface area contributed by atoms with Crippen LogP contribution < -0.4 is 10.6 Å². The van der Waals surface area contributed by atoms with E-state index in [2.05, 4.69) is 36.6 Å². The van der Waals surface area contributed by atoms with Crippen LogP contribution in [0, 0.1) is 5.92 Å². The number of carbonyl (C=O) groups excluding carboxylic acids is 1. The van der Waals surface area contributed by atoms with Crippen molar-refractivity contribution < 1.29 is 9.90 Å². The summed E-state index contributed by atoms with van der Waals surface area (Å²) in [5.74, 6) is 0.406. The van der Waals surface area contributed by atoms with Gasteiger partial charge in [0.05, 0.1) is 12.1 Å². The normalized spacial score (nSPS) is 19.5. The highest BCUT2D eigenvalue weighted by Gasteiger charge is 2.24. The maximum Gasteiger partial charge on any atom is 0.237 e. The molecule has 3 N–H and O–H groups in total. The van der Waals surface area contributed by atoms with Gasteiger partial charge in [0, 0.05) is 13.1 Å². The Morgan fingerprint density at radius 3 is 2.80 bits per heavy atom. The summed E-state index contributed by atoms with van der Waals surface area (Å²) in [5.41, 5.74) is 2.49. The van der Waals surface area contributed by atoms with E-state index in [1.54, 1.807) is 0 Å². The van der Waals surface area contributed by atoms with Crippen LogP contribution in [-0.2, 0) is 17.8 Å². The maximum absolute atomic E-state index is 12.1. The number of aliphatic hydroxyl groups excluding tert-OH is 1. The van der Waals surface area contributed by atoms with E-state index in [4.69, 9.17) is 0 Å². The molecule has 110 valence electrons. The highest BCUT2D eigenvalue weighted by atomic mass is 16.3. The molecule has 0 radical (unpaired) electrons. The minimum atomic E-state index is -0.463. The van der Waals surface area contributed by atoms with Crippen molar-refractivity contribution in [2.75, 3.05) is 6.54 Å². The van der Waals surface area contributed by atoms with Gasteiger partial charge in [-0.15, -0.1) is 0 Å². The van der Waals surface area contributed by atoms with Gasteiger partial charge in [0.25, 0.3) is 0 Å². The molecule has 4 heteroatoms. The molecule has 20 heavy (non-hydrogen) atoms. The van der Waals surface area contributed by atoms with Crippen LogP contribution in [0.15, 0.2) is 24.3 Å². The number of amides is 1.